The fourth-order valence-electron chi connectivity index (χ4n) is 3.70. The number of fused-ring (bicyclic) bond motifs is 1. The van der Waals surface area contributed by atoms with Crippen LogP contribution in [-0.2, 0) is 22.4 Å². The van der Waals surface area contributed by atoms with Gasteiger partial charge in [0.1, 0.15) is 11.6 Å². The summed E-state index contributed by atoms with van der Waals surface area (Å²) in [4.78, 5) is 12.5. The van der Waals surface area contributed by atoms with Crippen LogP contribution in [0.1, 0.15) is 48.9 Å². The Morgan fingerprint density at radius 3 is 2.81 bits per heavy atom. The molecule has 4 rings (SSSR count). The molecule has 0 radical (unpaired) electrons. The Kier molecular flexibility index (Phi) is 6.18. The number of amides is 1. The van der Waals surface area contributed by atoms with Gasteiger partial charge in [0.25, 0.3) is 5.91 Å². The smallest absolute Gasteiger partial charge is 0.480 e. The van der Waals surface area contributed by atoms with Gasteiger partial charge in [0.2, 0.25) is 11.8 Å². The number of hydrogen-bond acceptors (Lipinski definition) is 6. The zero-order valence-electron chi connectivity index (χ0n) is 17.0. The summed E-state index contributed by atoms with van der Waals surface area (Å²) in [6.07, 6.45) is -4.31. The molecular formula is C21H21F4N3O4. The van der Waals surface area contributed by atoms with E-state index in [4.69, 9.17) is 9.15 Å². The van der Waals surface area contributed by atoms with Crippen LogP contribution in [0.3, 0.4) is 0 Å². The van der Waals surface area contributed by atoms with Crippen LogP contribution in [0, 0.1) is 5.82 Å². The highest BCUT2D eigenvalue weighted by atomic mass is 19.4. The van der Waals surface area contributed by atoms with Gasteiger partial charge in [0.15, 0.2) is 6.10 Å². The lowest BCUT2D eigenvalue weighted by atomic mass is 9.82. The molecule has 1 amide bonds. The molecule has 0 bridgehead atoms. The normalized spacial score (nSPS) is 22.4. The first-order valence-corrected chi connectivity index (χ1v) is 10.2. The number of allylic oxidation sites excluding steroid dienone is 1. The third kappa shape index (κ3) is 5.45. The number of alkyl halides is 3. The van der Waals surface area contributed by atoms with Crippen molar-refractivity contribution in [3.8, 4) is 5.75 Å². The minimum atomic E-state index is -4.65. The van der Waals surface area contributed by atoms with Gasteiger partial charge < -0.3 is 14.5 Å². The number of halogens is 4. The largest absolute Gasteiger partial charge is 0.522 e. The molecule has 0 spiro atoms. The van der Waals surface area contributed by atoms with Gasteiger partial charge in [-0.1, -0.05) is 6.58 Å². The number of carbonyl (C=O) groups excluding carboxylic acids is 1. The number of aromatic nitrogens is 2. The SMILES string of the molecule is C=C(CCc1nnc([C@H]2C[C@@H](OC(F)(F)F)C2)o1)NC(=O)[C@H]1CCc2cc(F)ccc2O1. The Morgan fingerprint density at radius 1 is 1.28 bits per heavy atom. The van der Waals surface area contributed by atoms with Gasteiger partial charge in [-0.3, -0.25) is 9.53 Å². The molecular weight excluding hydrogens is 434 g/mol. The van der Waals surface area contributed by atoms with Crippen molar-refractivity contribution in [1.29, 1.82) is 0 Å². The molecule has 172 valence electrons. The van der Waals surface area contributed by atoms with Gasteiger partial charge >= 0.3 is 6.36 Å². The monoisotopic (exact) mass is 455 g/mol. The van der Waals surface area contributed by atoms with Crippen LogP contribution in [0.25, 0.3) is 0 Å². The van der Waals surface area contributed by atoms with Crippen molar-refractivity contribution in [3.63, 3.8) is 0 Å². The molecule has 2 heterocycles. The number of nitrogens with one attached hydrogen (secondary N) is 1. The quantitative estimate of drug-likeness (QED) is 0.637. The van der Waals surface area contributed by atoms with E-state index in [1.165, 1.54) is 18.2 Å². The van der Waals surface area contributed by atoms with Crippen molar-refractivity contribution in [1.82, 2.24) is 15.5 Å². The van der Waals surface area contributed by atoms with Crippen molar-refractivity contribution >= 4 is 5.91 Å². The summed E-state index contributed by atoms with van der Waals surface area (Å²) in [6.45, 7) is 3.82. The summed E-state index contributed by atoms with van der Waals surface area (Å²) in [5, 5.41) is 10.5. The van der Waals surface area contributed by atoms with E-state index in [1.54, 1.807) is 0 Å². The first-order chi connectivity index (χ1) is 15.2. The first-order valence-electron chi connectivity index (χ1n) is 10.2. The summed E-state index contributed by atoms with van der Waals surface area (Å²) >= 11 is 0. The fraction of sp³-hybridized carbons (Fsp3) is 0.476. The predicted octanol–water partition coefficient (Wildman–Crippen LogP) is 3.95. The van der Waals surface area contributed by atoms with Crippen molar-refractivity contribution in [3.05, 3.63) is 53.6 Å². The topological polar surface area (TPSA) is 86.5 Å². The van der Waals surface area contributed by atoms with Gasteiger partial charge in [0.05, 0.1) is 6.10 Å². The second-order valence-electron chi connectivity index (χ2n) is 7.88. The zero-order valence-corrected chi connectivity index (χ0v) is 17.0. The number of hydrogen-bond donors (Lipinski definition) is 1. The lowest BCUT2D eigenvalue weighted by molar-refractivity contribution is -0.352. The number of ether oxygens (including phenoxy) is 2. The molecule has 11 heteroatoms. The van der Waals surface area contributed by atoms with Crippen molar-refractivity contribution in [2.45, 2.75) is 63.0 Å². The molecule has 1 aromatic carbocycles. The Labute approximate surface area is 180 Å². The lowest BCUT2D eigenvalue weighted by Crippen LogP contribution is -2.39. The van der Waals surface area contributed by atoms with E-state index >= 15 is 0 Å². The van der Waals surface area contributed by atoms with E-state index in [0.29, 0.717) is 43.0 Å². The standard InChI is InChI=1S/C21H21F4N3O4/c1-11(26-19(29)17-5-3-12-8-14(22)4-6-16(12)30-17)2-7-18-27-28-20(31-18)13-9-15(10-13)32-21(23,24)25/h4,6,8,13,15,17H,1-3,5,7,9-10H2,(H,26,29)/t13-,15+,17-/m1/s1. The minimum Gasteiger partial charge on any atom is -0.480 e. The maximum Gasteiger partial charge on any atom is 0.522 e. The highest BCUT2D eigenvalue weighted by molar-refractivity contribution is 5.83. The molecule has 1 atom stereocenters. The van der Waals surface area contributed by atoms with Gasteiger partial charge in [-0.2, -0.15) is 0 Å². The van der Waals surface area contributed by atoms with Crippen LogP contribution in [0.4, 0.5) is 17.6 Å². The highest BCUT2D eigenvalue weighted by Gasteiger charge is 2.42. The summed E-state index contributed by atoms with van der Waals surface area (Å²) in [7, 11) is 0. The Morgan fingerprint density at radius 2 is 2.06 bits per heavy atom. The number of nitrogens with zero attached hydrogens (tertiary/aromatic N) is 2. The molecule has 1 aliphatic carbocycles. The molecule has 1 N–H and O–H groups in total. The van der Waals surface area contributed by atoms with Crippen molar-refractivity contribution in [2.75, 3.05) is 0 Å². The summed E-state index contributed by atoms with van der Waals surface area (Å²) in [5.74, 6) is 0.121. The third-order valence-corrected chi connectivity index (χ3v) is 5.43. The van der Waals surface area contributed by atoms with Gasteiger partial charge in [-0.05, 0) is 55.9 Å². The molecule has 1 aliphatic heterocycles. The minimum absolute atomic E-state index is 0.168. The van der Waals surface area contributed by atoms with Gasteiger partial charge in [-0.15, -0.1) is 23.4 Å². The first kappa shape index (κ1) is 22.3. The predicted molar refractivity (Wildman–Crippen MR) is 102 cm³/mol. The number of aryl methyl sites for hydroxylation is 2. The van der Waals surface area contributed by atoms with Crippen LogP contribution in [0.15, 0.2) is 34.9 Å². The molecule has 0 saturated heterocycles. The van der Waals surface area contributed by atoms with E-state index < -0.39 is 18.6 Å². The average molecular weight is 455 g/mol. The van der Waals surface area contributed by atoms with E-state index in [2.05, 4.69) is 26.8 Å². The Balaban J connectivity index is 1.20. The van der Waals surface area contributed by atoms with E-state index in [0.717, 1.165) is 5.56 Å². The molecule has 1 aromatic heterocycles. The molecule has 0 unspecified atom stereocenters. The molecule has 2 aliphatic rings. The second kappa shape index (κ2) is 8.89. The van der Waals surface area contributed by atoms with Crippen LogP contribution in [0.5, 0.6) is 5.75 Å². The van der Waals surface area contributed by atoms with Crippen LogP contribution < -0.4 is 10.1 Å². The molecule has 1 saturated carbocycles. The van der Waals surface area contributed by atoms with Crippen molar-refractivity contribution in [2.24, 2.45) is 0 Å². The highest BCUT2D eigenvalue weighted by Crippen LogP contribution is 2.40. The number of benzene rings is 1. The van der Waals surface area contributed by atoms with Crippen LogP contribution >= 0.6 is 0 Å². The summed E-state index contributed by atoms with van der Waals surface area (Å²) in [6, 6.07) is 4.18. The molecule has 7 nitrogen and oxygen atoms in total. The third-order valence-electron chi connectivity index (χ3n) is 5.43. The van der Waals surface area contributed by atoms with Gasteiger partial charge in [-0.25, -0.2) is 4.39 Å². The van der Waals surface area contributed by atoms with Crippen LogP contribution in [0.2, 0.25) is 0 Å². The zero-order chi connectivity index (χ0) is 22.9. The van der Waals surface area contributed by atoms with Crippen molar-refractivity contribution < 1.29 is 36.2 Å². The maximum absolute atomic E-state index is 13.3. The molecule has 32 heavy (non-hydrogen) atoms. The van der Waals surface area contributed by atoms with Gasteiger partial charge in [0, 0.05) is 18.0 Å². The Hall–Kier alpha value is -2.95. The molecule has 2 aromatic rings. The Bertz CT molecular complexity index is 1000. The number of carbonyl (C=O) groups is 1. The number of rotatable bonds is 7. The van der Waals surface area contributed by atoms with E-state index in [9.17, 15) is 22.4 Å². The van der Waals surface area contributed by atoms with Crippen LogP contribution in [-0.4, -0.2) is 34.7 Å². The second-order valence-corrected chi connectivity index (χ2v) is 7.88. The van der Waals surface area contributed by atoms with E-state index in [1.807, 2.05) is 0 Å². The fourth-order valence-corrected chi connectivity index (χ4v) is 3.70. The van der Waals surface area contributed by atoms with E-state index in [-0.39, 0.29) is 36.4 Å². The molecule has 1 fully saturated rings. The maximum atomic E-state index is 13.3. The average Bonchev–Trinajstić information content (AvgIpc) is 3.16. The summed E-state index contributed by atoms with van der Waals surface area (Å²) in [5.41, 5.74) is 1.16. The summed E-state index contributed by atoms with van der Waals surface area (Å²) < 4.78 is 65.0. The lowest BCUT2D eigenvalue weighted by Gasteiger charge is -2.32.